The third kappa shape index (κ3) is 3.44. The maximum absolute atomic E-state index is 2.49. The van der Waals surface area contributed by atoms with Crippen LogP contribution in [0, 0.1) is 0 Å². The van der Waals surface area contributed by atoms with Crippen molar-refractivity contribution in [1.82, 2.24) is 0 Å². The minimum atomic E-state index is -0.436. The van der Waals surface area contributed by atoms with Crippen LogP contribution in [0.25, 0.3) is 87.6 Å². The largest absolute Gasteiger partial charge is 0.0731 e. The minimum absolute atomic E-state index is 0.436. The first kappa shape index (κ1) is 27.3. The second-order valence-corrected chi connectivity index (χ2v) is 14.4. The molecule has 0 saturated carbocycles. The first-order chi connectivity index (χ1) is 25.3. The molecule has 0 amide bonds. The number of hydrogen-bond acceptors (Lipinski definition) is 0. The Morgan fingerprint density at radius 1 is 0.294 bits per heavy atom. The second-order valence-electron chi connectivity index (χ2n) is 14.4. The zero-order chi connectivity index (χ0) is 33.3. The molecule has 0 unspecified atom stereocenters. The molecular formula is C51H30. The quantitative estimate of drug-likeness (QED) is 0.165. The van der Waals surface area contributed by atoms with Crippen LogP contribution < -0.4 is 0 Å². The summed E-state index contributed by atoms with van der Waals surface area (Å²) in [5, 5.41) is 10.5. The van der Waals surface area contributed by atoms with Crippen molar-refractivity contribution < 1.29 is 0 Å². The summed E-state index contributed by atoms with van der Waals surface area (Å²) >= 11 is 0. The van der Waals surface area contributed by atoms with Crippen molar-refractivity contribution in [3.05, 3.63) is 204 Å². The lowest BCUT2D eigenvalue weighted by Gasteiger charge is -2.32. The maximum Gasteiger partial charge on any atom is 0.0731 e. The second kappa shape index (κ2) is 9.81. The molecule has 12 rings (SSSR count). The van der Waals surface area contributed by atoms with E-state index in [1.54, 1.807) is 0 Å². The van der Waals surface area contributed by atoms with Gasteiger partial charge in [-0.05, 0) is 134 Å². The lowest BCUT2D eigenvalue weighted by Crippen LogP contribution is -2.26. The standard InChI is InChI=1S/C51H30/c1-2-11-31(12-3-1)42-30-35-24-23-34(38-27-36-25-21-32-13-10-14-33-22-26-37(28-38)48(36)47(32)33)29-43(35)50-49(42)41-17-6-9-20-46(41)51(50)44-18-7-4-15-39(44)40-16-5-8-19-45(40)51/h1-30H. The highest BCUT2D eigenvalue weighted by Gasteiger charge is 2.53. The van der Waals surface area contributed by atoms with E-state index in [0.717, 1.165) is 0 Å². The van der Waals surface area contributed by atoms with Gasteiger partial charge in [-0.1, -0.05) is 158 Å². The Labute approximate surface area is 296 Å². The first-order valence-electron chi connectivity index (χ1n) is 17.9. The van der Waals surface area contributed by atoms with Crippen molar-refractivity contribution in [1.29, 1.82) is 0 Å². The van der Waals surface area contributed by atoms with Gasteiger partial charge in [-0.15, -0.1) is 0 Å². The SMILES string of the molecule is c1ccc(-c2cc3ccc(-c4cc5ccc6cccc7ccc(c4)c5c67)cc3c3c2-c2ccccc2C32c3ccccc3-c3ccccc32)cc1. The molecular weight excluding hydrogens is 613 g/mol. The van der Waals surface area contributed by atoms with Gasteiger partial charge in [-0.2, -0.15) is 0 Å². The van der Waals surface area contributed by atoms with Crippen molar-refractivity contribution in [3.63, 3.8) is 0 Å². The van der Waals surface area contributed by atoms with E-state index in [4.69, 9.17) is 0 Å². The highest BCUT2D eigenvalue weighted by atomic mass is 14.5. The molecule has 0 saturated heterocycles. The fourth-order valence-electron chi connectivity index (χ4n) is 9.97. The fraction of sp³-hybridized carbons (Fsp3) is 0.0196. The molecule has 0 fully saturated rings. The Kier molecular flexibility index (Phi) is 5.26. The van der Waals surface area contributed by atoms with Crippen molar-refractivity contribution in [2.24, 2.45) is 0 Å². The van der Waals surface area contributed by atoms with Gasteiger partial charge in [0.25, 0.3) is 0 Å². The number of fused-ring (bicyclic) bond motifs is 12. The number of hydrogen-bond donors (Lipinski definition) is 0. The average molecular weight is 643 g/mol. The summed E-state index contributed by atoms with van der Waals surface area (Å²) in [6.07, 6.45) is 0. The smallest absolute Gasteiger partial charge is 0.0622 e. The summed E-state index contributed by atoms with van der Waals surface area (Å²) in [6.45, 7) is 0. The van der Waals surface area contributed by atoms with Gasteiger partial charge in [-0.3, -0.25) is 0 Å². The van der Waals surface area contributed by atoms with Crippen molar-refractivity contribution in [2.45, 2.75) is 5.41 Å². The predicted molar refractivity (Wildman–Crippen MR) is 215 cm³/mol. The highest BCUT2D eigenvalue weighted by molar-refractivity contribution is 6.24. The van der Waals surface area contributed by atoms with Gasteiger partial charge in [-0.25, -0.2) is 0 Å². The molecule has 10 aromatic carbocycles. The maximum atomic E-state index is 2.49. The molecule has 0 N–H and O–H groups in total. The van der Waals surface area contributed by atoms with Crippen LogP contribution in [0.5, 0.6) is 0 Å². The van der Waals surface area contributed by atoms with Crippen LogP contribution in [0.3, 0.4) is 0 Å². The highest BCUT2D eigenvalue weighted by Crippen LogP contribution is 2.65. The van der Waals surface area contributed by atoms with Gasteiger partial charge in [0.05, 0.1) is 5.41 Å². The van der Waals surface area contributed by atoms with Gasteiger partial charge in [0.2, 0.25) is 0 Å². The molecule has 2 aliphatic rings. The van der Waals surface area contributed by atoms with Crippen molar-refractivity contribution in [2.75, 3.05) is 0 Å². The van der Waals surface area contributed by atoms with E-state index in [1.807, 2.05) is 0 Å². The van der Waals surface area contributed by atoms with Gasteiger partial charge >= 0.3 is 0 Å². The van der Waals surface area contributed by atoms with Crippen LogP contribution in [0.15, 0.2) is 182 Å². The molecule has 0 aliphatic heterocycles. The molecule has 0 heteroatoms. The molecule has 234 valence electrons. The van der Waals surface area contributed by atoms with Gasteiger partial charge in [0.15, 0.2) is 0 Å². The zero-order valence-electron chi connectivity index (χ0n) is 27.8. The van der Waals surface area contributed by atoms with Gasteiger partial charge in [0, 0.05) is 0 Å². The summed E-state index contributed by atoms with van der Waals surface area (Å²) in [7, 11) is 0. The van der Waals surface area contributed by atoms with Gasteiger partial charge < -0.3 is 0 Å². The van der Waals surface area contributed by atoms with E-state index in [9.17, 15) is 0 Å². The van der Waals surface area contributed by atoms with E-state index in [-0.39, 0.29) is 0 Å². The Balaban J connectivity index is 1.22. The third-order valence-corrected chi connectivity index (χ3v) is 12.0. The Hall–Kier alpha value is -6.50. The molecule has 0 nitrogen and oxygen atoms in total. The molecule has 0 aromatic heterocycles. The topological polar surface area (TPSA) is 0 Å². The van der Waals surface area contributed by atoms with E-state index in [1.165, 1.54) is 110 Å². The van der Waals surface area contributed by atoms with E-state index < -0.39 is 5.41 Å². The van der Waals surface area contributed by atoms with Crippen molar-refractivity contribution >= 4 is 43.1 Å². The van der Waals surface area contributed by atoms with Crippen LogP contribution in [-0.2, 0) is 5.41 Å². The zero-order valence-corrected chi connectivity index (χ0v) is 27.8. The lowest BCUT2D eigenvalue weighted by molar-refractivity contribution is 0.801. The Morgan fingerprint density at radius 3 is 1.49 bits per heavy atom. The third-order valence-electron chi connectivity index (χ3n) is 12.0. The van der Waals surface area contributed by atoms with E-state index >= 15 is 0 Å². The molecule has 0 radical (unpaired) electrons. The molecule has 0 atom stereocenters. The van der Waals surface area contributed by atoms with Crippen LogP contribution in [0.4, 0.5) is 0 Å². The van der Waals surface area contributed by atoms with Crippen LogP contribution in [0.2, 0.25) is 0 Å². The normalized spacial score (nSPS) is 13.6. The number of benzene rings is 10. The first-order valence-corrected chi connectivity index (χ1v) is 17.9. The summed E-state index contributed by atoms with van der Waals surface area (Å²) in [6, 6.07) is 68.6. The van der Waals surface area contributed by atoms with Crippen molar-refractivity contribution in [3.8, 4) is 44.5 Å². The fourth-order valence-corrected chi connectivity index (χ4v) is 9.97. The van der Waals surface area contributed by atoms with E-state index in [2.05, 4.69) is 182 Å². The summed E-state index contributed by atoms with van der Waals surface area (Å²) in [5.74, 6) is 0. The molecule has 10 aromatic rings. The lowest BCUT2D eigenvalue weighted by atomic mass is 9.69. The predicted octanol–water partition coefficient (Wildman–Crippen LogP) is 13.4. The molecule has 2 aliphatic carbocycles. The summed E-state index contributed by atoms with van der Waals surface area (Å²) < 4.78 is 0. The average Bonchev–Trinajstić information content (AvgIpc) is 3.68. The van der Waals surface area contributed by atoms with Crippen LogP contribution >= 0.6 is 0 Å². The summed E-state index contributed by atoms with van der Waals surface area (Å²) in [4.78, 5) is 0. The van der Waals surface area contributed by atoms with Crippen LogP contribution in [-0.4, -0.2) is 0 Å². The Morgan fingerprint density at radius 2 is 0.824 bits per heavy atom. The number of rotatable bonds is 2. The Bertz CT molecular complexity index is 2960. The van der Waals surface area contributed by atoms with E-state index in [0.29, 0.717) is 0 Å². The molecule has 51 heavy (non-hydrogen) atoms. The van der Waals surface area contributed by atoms with Gasteiger partial charge in [0.1, 0.15) is 0 Å². The molecule has 0 bridgehead atoms. The monoisotopic (exact) mass is 642 g/mol. The van der Waals surface area contributed by atoms with Crippen LogP contribution in [0.1, 0.15) is 22.3 Å². The summed E-state index contributed by atoms with van der Waals surface area (Å²) in [5.41, 5.74) is 15.5. The molecule has 0 heterocycles. The minimum Gasteiger partial charge on any atom is -0.0622 e. The molecule has 1 spiro atoms.